The van der Waals surface area contributed by atoms with Crippen molar-refractivity contribution in [2.24, 2.45) is 0 Å². The van der Waals surface area contributed by atoms with Crippen LogP contribution in [0.3, 0.4) is 0 Å². The average Bonchev–Trinajstić information content (AvgIpc) is 3.35. The summed E-state index contributed by atoms with van der Waals surface area (Å²) in [6, 6.07) is 10.7. The predicted octanol–water partition coefficient (Wildman–Crippen LogP) is 5.06. The molecule has 168 valence electrons. The number of fused-ring (bicyclic) bond motifs is 2. The maximum absolute atomic E-state index is 13.9. The number of alkyl halides is 3. The highest BCUT2D eigenvalue weighted by molar-refractivity contribution is 6.31. The number of hydrogen-bond donors (Lipinski definition) is 0. The summed E-state index contributed by atoms with van der Waals surface area (Å²) >= 11 is 6.26. The fraction of sp³-hybridized carbons (Fsp3) is 0.182. The van der Waals surface area contributed by atoms with E-state index in [4.69, 9.17) is 16.2 Å². The molecule has 0 unspecified atom stereocenters. The molecule has 5 aromatic rings. The zero-order valence-electron chi connectivity index (χ0n) is 17.3. The topological polar surface area (TPSA) is 78.7 Å². The molecule has 0 aliphatic heterocycles. The fourth-order valence-corrected chi connectivity index (χ4v) is 4.11. The van der Waals surface area contributed by atoms with Crippen LogP contribution in [0.4, 0.5) is 13.2 Å². The number of hydrogen-bond acceptors (Lipinski definition) is 5. The standard InChI is InChI=1S/C22H15ClF3N5O2/c1-11-15(23)4-3-5-18(11)31-21-20(12(2)27-31)14(22(24,25)26)9-19(32)30(21)10-13-6-7-16-17(8-13)29-33-28-16/h3-9H,10H2,1-2H3. The van der Waals surface area contributed by atoms with Crippen molar-refractivity contribution in [3.05, 3.63) is 80.2 Å². The molecule has 0 atom stereocenters. The Balaban J connectivity index is 1.84. The summed E-state index contributed by atoms with van der Waals surface area (Å²) in [5, 5.41) is 12.2. The molecule has 7 nitrogen and oxygen atoms in total. The second-order valence-electron chi connectivity index (χ2n) is 7.65. The molecule has 0 amide bonds. The molecule has 3 heterocycles. The van der Waals surface area contributed by atoms with E-state index in [1.54, 1.807) is 43.3 Å². The summed E-state index contributed by atoms with van der Waals surface area (Å²) in [4.78, 5) is 13.0. The van der Waals surface area contributed by atoms with E-state index in [-0.39, 0.29) is 23.3 Å². The molecule has 0 aliphatic rings. The van der Waals surface area contributed by atoms with Gasteiger partial charge < -0.3 is 0 Å². The van der Waals surface area contributed by atoms with Crippen LogP contribution in [0.2, 0.25) is 5.02 Å². The Bertz CT molecular complexity index is 1600. The molecule has 11 heteroatoms. The van der Waals surface area contributed by atoms with Gasteiger partial charge in [-0.25, -0.2) is 9.31 Å². The molecule has 0 aliphatic carbocycles. The second kappa shape index (κ2) is 7.45. The highest BCUT2D eigenvalue weighted by atomic mass is 35.5. The minimum absolute atomic E-state index is 0.0129. The van der Waals surface area contributed by atoms with Crippen LogP contribution in [0.15, 0.2) is 51.9 Å². The Morgan fingerprint density at radius 3 is 2.58 bits per heavy atom. The summed E-state index contributed by atoms with van der Waals surface area (Å²) in [6.07, 6.45) is -4.73. The number of pyridine rings is 1. The first-order valence-electron chi connectivity index (χ1n) is 9.82. The van der Waals surface area contributed by atoms with Gasteiger partial charge in [-0.2, -0.15) is 18.3 Å². The number of halogens is 4. The molecule has 0 saturated carbocycles. The Kier molecular flexibility index (Phi) is 4.78. The Morgan fingerprint density at radius 1 is 1.06 bits per heavy atom. The van der Waals surface area contributed by atoms with Crippen LogP contribution >= 0.6 is 11.6 Å². The quantitative estimate of drug-likeness (QED) is 0.366. The highest BCUT2D eigenvalue weighted by Crippen LogP contribution is 2.37. The summed E-state index contributed by atoms with van der Waals surface area (Å²) < 4.78 is 49.0. The molecule has 0 fully saturated rings. The third kappa shape index (κ3) is 3.46. The summed E-state index contributed by atoms with van der Waals surface area (Å²) in [5.74, 6) is 0. The lowest BCUT2D eigenvalue weighted by Gasteiger charge is -2.16. The molecule has 0 N–H and O–H groups in total. The molecule has 0 bridgehead atoms. The third-order valence-electron chi connectivity index (χ3n) is 5.53. The van der Waals surface area contributed by atoms with Crippen molar-refractivity contribution in [3.63, 3.8) is 0 Å². The molecule has 5 rings (SSSR count). The number of rotatable bonds is 3. The van der Waals surface area contributed by atoms with Gasteiger partial charge in [0.1, 0.15) is 16.7 Å². The zero-order chi connectivity index (χ0) is 23.5. The van der Waals surface area contributed by atoms with E-state index in [2.05, 4.69) is 15.4 Å². The molecular formula is C22H15ClF3N5O2. The van der Waals surface area contributed by atoms with E-state index < -0.39 is 17.3 Å². The van der Waals surface area contributed by atoms with Gasteiger partial charge in [-0.1, -0.05) is 23.7 Å². The molecule has 0 radical (unpaired) electrons. The van der Waals surface area contributed by atoms with Crippen LogP contribution in [0, 0.1) is 13.8 Å². The van der Waals surface area contributed by atoms with Crippen LogP contribution < -0.4 is 5.56 Å². The molecular weight excluding hydrogens is 459 g/mol. The smallest absolute Gasteiger partial charge is 0.288 e. The lowest BCUT2D eigenvalue weighted by molar-refractivity contribution is -0.136. The van der Waals surface area contributed by atoms with E-state index in [1.807, 2.05) is 0 Å². The molecule has 3 aromatic heterocycles. The van der Waals surface area contributed by atoms with E-state index in [0.29, 0.717) is 38.9 Å². The van der Waals surface area contributed by atoms with Gasteiger partial charge in [0.05, 0.1) is 28.9 Å². The lowest BCUT2D eigenvalue weighted by Crippen LogP contribution is -2.25. The minimum Gasteiger partial charge on any atom is -0.288 e. The molecule has 33 heavy (non-hydrogen) atoms. The predicted molar refractivity (Wildman–Crippen MR) is 116 cm³/mol. The van der Waals surface area contributed by atoms with Crippen LogP contribution in [0.25, 0.3) is 27.8 Å². The molecule has 2 aromatic carbocycles. The molecule has 0 spiro atoms. The fourth-order valence-electron chi connectivity index (χ4n) is 3.94. The first-order chi connectivity index (χ1) is 15.6. The van der Waals surface area contributed by atoms with Gasteiger partial charge in [0.15, 0.2) is 0 Å². The van der Waals surface area contributed by atoms with Gasteiger partial charge in [0, 0.05) is 11.1 Å². The largest absolute Gasteiger partial charge is 0.417 e. The van der Waals surface area contributed by atoms with Gasteiger partial charge >= 0.3 is 6.18 Å². The van der Waals surface area contributed by atoms with E-state index >= 15 is 0 Å². The molecule has 0 saturated heterocycles. The maximum Gasteiger partial charge on any atom is 0.417 e. The number of benzene rings is 2. The van der Waals surface area contributed by atoms with E-state index in [1.165, 1.54) is 16.2 Å². The van der Waals surface area contributed by atoms with Gasteiger partial charge in [0.25, 0.3) is 5.56 Å². The highest BCUT2D eigenvalue weighted by Gasteiger charge is 2.36. The third-order valence-corrected chi connectivity index (χ3v) is 5.94. The first kappa shape index (κ1) is 21.2. The normalized spacial score (nSPS) is 12.2. The van der Waals surface area contributed by atoms with Crippen molar-refractivity contribution in [1.82, 2.24) is 24.7 Å². The second-order valence-corrected chi connectivity index (χ2v) is 8.05. The van der Waals surface area contributed by atoms with E-state index in [9.17, 15) is 18.0 Å². The van der Waals surface area contributed by atoms with Crippen LogP contribution in [-0.2, 0) is 12.7 Å². The zero-order valence-corrected chi connectivity index (χ0v) is 18.1. The lowest BCUT2D eigenvalue weighted by atomic mass is 10.1. The van der Waals surface area contributed by atoms with Crippen LogP contribution in [0.1, 0.15) is 22.4 Å². The van der Waals surface area contributed by atoms with Crippen LogP contribution in [-0.4, -0.2) is 24.7 Å². The van der Waals surface area contributed by atoms with Gasteiger partial charge in [-0.05, 0) is 59.6 Å². The summed E-state index contributed by atoms with van der Waals surface area (Å²) in [6.45, 7) is 3.21. The van der Waals surface area contributed by atoms with Gasteiger partial charge in [-0.15, -0.1) is 0 Å². The van der Waals surface area contributed by atoms with E-state index in [0.717, 1.165) is 0 Å². The maximum atomic E-state index is 13.9. The van der Waals surface area contributed by atoms with Crippen molar-refractivity contribution >= 4 is 33.7 Å². The van der Waals surface area contributed by atoms with Gasteiger partial charge in [0.2, 0.25) is 0 Å². The Morgan fingerprint density at radius 2 is 1.82 bits per heavy atom. The van der Waals surface area contributed by atoms with Crippen molar-refractivity contribution in [3.8, 4) is 5.69 Å². The summed E-state index contributed by atoms with van der Waals surface area (Å²) in [5.41, 5.74) is 1.05. The summed E-state index contributed by atoms with van der Waals surface area (Å²) in [7, 11) is 0. The Hall–Kier alpha value is -3.66. The average molecular weight is 474 g/mol. The van der Waals surface area contributed by atoms with Crippen molar-refractivity contribution in [2.45, 2.75) is 26.6 Å². The number of aryl methyl sites for hydroxylation is 1. The van der Waals surface area contributed by atoms with Gasteiger partial charge in [-0.3, -0.25) is 9.36 Å². The van der Waals surface area contributed by atoms with Crippen molar-refractivity contribution < 1.29 is 17.8 Å². The SMILES string of the molecule is Cc1c(Cl)cccc1-n1nc(C)c2c(C(F)(F)F)cc(=O)n(Cc3ccc4nonc4c3)c21. The van der Waals surface area contributed by atoms with Crippen LogP contribution in [0.5, 0.6) is 0 Å². The minimum atomic E-state index is -4.73. The number of nitrogens with zero attached hydrogens (tertiary/aromatic N) is 5. The monoisotopic (exact) mass is 473 g/mol. The first-order valence-corrected chi connectivity index (χ1v) is 10.2. The van der Waals surface area contributed by atoms with Crippen molar-refractivity contribution in [2.75, 3.05) is 0 Å². The van der Waals surface area contributed by atoms with Crippen molar-refractivity contribution in [1.29, 1.82) is 0 Å². The Labute approximate surface area is 189 Å². The number of aromatic nitrogens is 5.